The summed E-state index contributed by atoms with van der Waals surface area (Å²) in [6, 6.07) is 2.93. The molecule has 1 fully saturated rings. The van der Waals surface area contributed by atoms with Crippen molar-refractivity contribution in [3.63, 3.8) is 0 Å². The van der Waals surface area contributed by atoms with Crippen LogP contribution in [0.3, 0.4) is 0 Å². The molecule has 3 rings (SSSR count). The molecule has 110 valence electrons. The number of nitrogens with zero attached hydrogens (tertiary/aromatic N) is 2. The first-order valence-corrected chi connectivity index (χ1v) is 7.97. The highest BCUT2D eigenvalue weighted by atomic mass is 32.1. The van der Waals surface area contributed by atoms with Crippen LogP contribution in [0.25, 0.3) is 9.88 Å². The van der Waals surface area contributed by atoms with Gasteiger partial charge in [-0.2, -0.15) is 0 Å². The molecule has 2 aromatic rings. The minimum Gasteiger partial charge on any atom is -0.480 e. The highest BCUT2D eigenvalue weighted by Crippen LogP contribution is 2.29. The summed E-state index contributed by atoms with van der Waals surface area (Å²) in [5.41, 5.74) is 0. The van der Waals surface area contributed by atoms with E-state index >= 15 is 0 Å². The van der Waals surface area contributed by atoms with E-state index < -0.39 is 12.0 Å². The third kappa shape index (κ3) is 2.82. The Morgan fingerprint density at radius 2 is 2.33 bits per heavy atom. The minimum atomic E-state index is -1.05. The monoisotopic (exact) mass is 324 g/mol. The first kappa shape index (κ1) is 14.2. The zero-order chi connectivity index (χ0) is 14.8. The van der Waals surface area contributed by atoms with Gasteiger partial charge in [0.05, 0.1) is 24.3 Å². The van der Waals surface area contributed by atoms with E-state index in [1.54, 1.807) is 11.3 Å². The van der Waals surface area contributed by atoms with Crippen molar-refractivity contribution in [1.82, 2.24) is 9.88 Å². The van der Waals surface area contributed by atoms with Crippen LogP contribution in [0.4, 0.5) is 0 Å². The maximum absolute atomic E-state index is 12.5. The lowest BCUT2D eigenvalue weighted by molar-refractivity contribution is -0.147. The maximum Gasteiger partial charge on any atom is 0.328 e. The average molecular weight is 324 g/mol. The molecule has 1 saturated heterocycles. The van der Waals surface area contributed by atoms with Gasteiger partial charge in [-0.1, -0.05) is 6.07 Å². The number of thiophene rings is 1. The number of carbonyl (C=O) groups excluding carboxylic acids is 1. The van der Waals surface area contributed by atoms with Crippen molar-refractivity contribution in [1.29, 1.82) is 0 Å². The number of morpholine rings is 1. The van der Waals surface area contributed by atoms with Crippen molar-refractivity contribution >= 4 is 34.6 Å². The number of amides is 1. The van der Waals surface area contributed by atoms with E-state index in [2.05, 4.69) is 4.98 Å². The lowest BCUT2D eigenvalue weighted by Crippen LogP contribution is -2.52. The van der Waals surface area contributed by atoms with Gasteiger partial charge in [0, 0.05) is 6.54 Å². The number of carbonyl (C=O) groups is 2. The fraction of sp³-hybridized carbons (Fsp3) is 0.308. The second-order valence-corrected chi connectivity index (χ2v) is 6.41. The Kier molecular flexibility index (Phi) is 4.00. The Labute approximate surface area is 128 Å². The van der Waals surface area contributed by atoms with Crippen molar-refractivity contribution in [3.8, 4) is 9.88 Å². The van der Waals surface area contributed by atoms with Crippen LogP contribution in [0, 0.1) is 0 Å². The SMILES string of the molecule is O=C(O)C1COCCN1C(=O)c1cnc(-c2cccs2)s1. The Hall–Kier alpha value is -1.77. The van der Waals surface area contributed by atoms with Crippen LogP contribution in [-0.4, -0.2) is 52.7 Å². The Balaban J connectivity index is 1.83. The highest BCUT2D eigenvalue weighted by molar-refractivity contribution is 7.21. The molecule has 6 nitrogen and oxygen atoms in total. The fourth-order valence-electron chi connectivity index (χ4n) is 2.08. The van der Waals surface area contributed by atoms with Crippen LogP contribution in [-0.2, 0) is 9.53 Å². The normalized spacial score (nSPS) is 18.7. The summed E-state index contributed by atoms with van der Waals surface area (Å²) in [4.78, 5) is 30.7. The van der Waals surface area contributed by atoms with Gasteiger partial charge in [0.2, 0.25) is 0 Å². The number of hydrogen-bond donors (Lipinski definition) is 1. The van der Waals surface area contributed by atoms with Gasteiger partial charge in [-0.3, -0.25) is 4.79 Å². The fourth-order valence-corrected chi connectivity index (χ4v) is 3.76. The second kappa shape index (κ2) is 5.92. The molecular weight excluding hydrogens is 312 g/mol. The van der Waals surface area contributed by atoms with Gasteiger partial charge >= 0.3 is 5.97 Å². The van der Waals surface area contributed by atoms with Gasteiger partial charge in [0.15, 0.2) is 6.04 Å². The van der Waals surface area contributed by atoms with E-state index in [0.717, 1.165) is 9.88 Å². The zero-order valence-corrected chi connectivity index (χ0v) is 12.5. The number of carboxylic acids is 1. The topological polar surface area (TPSA) is 79.7 Å². The molecule has 1 amide bonds. The summed E-state index contributed by atoms with van der Waals surface area (Å²) < 4.78 is 5.14. The molecule has 0 radical (unpaired) electrons. The van der Waals surface area contributed by atoms with Gasteiger partial charge in [-0.05, 0) is 11.4 Å². The summed E-state index contributed by atoms with van der Waals surface area (Å²) in [6.07, 6.45) is 1.51. The molecule has 1 atom stereocenters. The molecule has 0 saturated carbocycles. The van der Waals surface area contributed by atoms with Crippen LogP contribution in [0.1, 0.15) is 9.67 Å². The van der Waals surface area contributed by atoms with E-state index in [-0.39, 0.29) is 19.1 Å². The first-order chi connectivity index (χ1) is 10.2. The first-order valence-electron chi connectivity index (χ1n) is 6.28. The summed E-state index contributed by atoms with van der Waals surface area (Å²) in [5, 5.41) is 11.9. The van der Waals surface area contributed by atoms with Crippen LogP contribution in [0.2, 0.25) is 0 Å². The molecule has 0 aromatic carbocycles. The predicted octanol–water partition coefficient (Wildman–Crippen LogP) is 1.80. The molecule has 1 aliphatic heterocycles. The predicted molar refractivity (Wildman–Crippen MR) is 78.7 cm³/mol. The Bertz CT molecular complexity index is 653. The van der Waals surface area contributed by atoms with Crippen molar-refractivity contribution in [2.45, 2.75) is 6.04 Å². The van der Waals surface area contributed by atoms with Crippen molar-refractivity contribution in [2.75, 3.05) is 19.8 Å². The van der Waals surface area contributed by atoms with E-state index in [1.165, 1.54) is 22.4 Å². The molecule has 0 bridgehead atoms. The number of ether oxygens (including phenoxy) is 1. The minimum absolute atomic E-state index is 0.0255. The second-order valence-electron chi connectivity index (χ2n) is 4.43. The Morgan fingerprint density at radius 1 is 1.48 bits per heavy atom. The van der Waals surface area contributed by atoms with Gasteiger partial charge < -0.3 is 14.7 Å². The summed E-state index contributed by atoms with van der Waals surface area (Å²) >= 11 is 2.83. The molecule has 1 unspecified atom stereocenters. The summed E-state index contributed by atoms with van der Waals surface area (Å²) in [7, 11) is 0. The molecular formula is C13H12N2O4S2. The number of carboxylic acid groups (broad SMARTS) is 1. The highest BCUT2D eigenvalue weighted by Gasteiger charge is 2.34. The van der Waals surface area contributed by atoms with E-state index in [0.29, 0.717) is 11.5 Å². The molecule has 21 heavy (non-hydrogen) atoms. The molecule has 1 N–H and O–H groups in total. The number of aliphatic carboxylic acids is 1. The standard InChI is InChI=1S/C13H12N2O4S2/c16-12(15-3-4-19-7-8(15)13(17)18)10-6-14-11(21-10)9-2-1-5-20-9/h1-2,5-6,8H,3-4,7H2,(H,17,18). The number of thiazole rings is 1. The molecule has 2 aromatic heterocycles. The maximum atomic E-state index is 12.5. The Morgan fingerprint density at radius 3 is 3.05 bits per heavy atom. The lowest BCUT2D eigenvalue weighted by Gasteiger charge is -2.32. The largest absolute Gasteiger partial charge is 0.480 e. The van der Waals surface area contributed by atoms with Gasteiger partial charge in [-0.15, -0.1) is 22.7 Å². The third-order valence-electron chi connectivity index (χ3n) is 3.12. The van der Waals surface area contributed by atoms with E-state index in [1.807, 2.05) is 17.5 Å². The van der Waals surface area contributed by atoms with E-state index in [9.17, 15) is 14.7 Å². The smallest absolute Gasteiger partial charge is 0.328 e. The molecule has 8 heteroatoms. The third-order valence-corrected chi connectivity index (χ3v) is 5.15. The molecule has 0 aliphatic carbocycles. The van der Waals surface area contributed by atoms with Crippen molar-refractivity contribution in [2.24, 2.45) is 0 Å². The zero-order valence-electron chi connectivity index (χ0n) is 10.9. The number of hydrogen-bond acceptors (Lipinski definition) is 6. The molecule has 1 aliphatic rings. The van der Waals surface area contributed by atoms with Crippen molar-refractivity contribution in [3.05, 3.63) is 28.6 Å². The summed E-state index contributed by atoms with van der Waals surface area (Å²) in [6.45, 7) is 0.659. The molecule has 0 spiro atoms. The van der Waals surface area contributed by atoms with E-state index in [4.69, 9.17) is 4.74 Å². The van der Waals surface area contributed by atoms with Gasteiger partial charge in [-0.25, -0.2) is 9.78 Å². The number of aromatic nitrogens is 1. The van der Waals surface area contributed by atoms with Crippen LogP contribution >= 0.6 is 22.7 Å². The van der Waals surface area contributed by atoms with Crippen LogP contribution < -0.4 is 0 Å². The van der Waals surface area contributed by atoms with Crippen LogP contribution in [0.15, 0.2) is 23.7 Å². The molecule has 3 heterocycles. The van der Waals surface area contributed by atoms with Crippen LogP contribution in [0.5, 0.6) is 0 Å². The lowest BCUT2D eigenvalue weighted by atomic mass is 10.2. The average Bonchev–Trinajstić information content (AvgIpc) is 3.17. The quantitative estimate of drug-likeness (QED) is 0.931. The van der Waals surface area contributed by atoms with Gasteiger partial charge in [0.25, 0.3) is 5.91 Å². The number of rotatable bonds is 3. The summed E-state index contributed by atoms with van der Waals surface area (Å²) in [5.74, 6) is -1.35. The van der Waals surface area contributed by atoms with Crippen molar-refractivity contribution < 1.29 is 19.4 Å². The van der Waals surface area contributed by atoms with Gasteiger partial charge in [0.1, 0.15) is 9.88 Å².